The first-order chi connectivity index (χ1) is 40.7. The van der Waals surface area contributed by atoms with Crippen LogP contribution in [0.15, 0.2) is 88.5 Å². The Balaban J connectivity index is 0.659. The number of rotatable bonds is 18. The zero-order valence-electron chi connectivity index (χ0n) is 50.3. The number of morpholine rings is 2. The number of amides is 2. The minimum absolute atomic E-state index is 0.0110. The molecule has 11 rings (SSSR count). The second-order valence-electron chi connectivity index (χ2n) is 26.0. The van der Waals surface area contributed by atoms with Gasteiger partial charge in [-0.05, 0) is 86.0 Å². The molecule has 0 aliphatic carbocycles. The monoisotopic (exact) mass is 1170 g/mol. The highest BCUT2D eigenvalue weighted by atomic mass is 19.1. The first kappa shape index (κ1) is 60.3. The average molecular weight is 1170 g/mol. The summed E-state index contributed by atoms with van der Waals surface area (Å²) in [5.74, 6) is 0.709. The van der Waals surface area contributed by atoms with Crippen molar-refractivity contribution in [2.45, 2.75) is 109 Å². The van der Waals surface area contributed by atoms with E-state index in [1.807, 2.05) is 74.8 Å². The highest BCUT2D eigenvalue weighted by Gasteiger charge is 2.43. The number of ether oxygens (including phenoxy) is 4. The van der Waals surface area contributed by atoms with Gasteiger partial charge in [-0.1, -0.05) is 52.0 Å². The molecule has 85 heavy (non-hydrogen) atoms. The molecule has 0 radical (unpaired) electrons. The number of halogens is 2. The van der Waals surface area contributed by atoms with Crippen LogP contribution in [0, 0.1) is 18.6 Å². The molecule has 8 heterocycles. The lowest BCUT2D eigenvalue weighted by Crippen LogP contribution is -2.61. The summed E-state index contributed by atoms with van der Waals surface area (Å²) in [6.45, 7) is 25.1. The summed E-state index contributed by atoms with van der Waals surface area (Å²) in [5.41, 5.74) is 5.39. The SMILES string of the molecule is Cc1cc(OC[C@@H]2CN(C[C@H]3CN[C@H](C)CN3CC(=O)N3CC(C)(C)c4[nH]c(=O)c(Cc5ccc(F)cc5)cc43)CCO2)cc(OC[C@@H]2CN(C[C@H]3CN[C@H](C)CN3CC(=O)N3CC(C)(C)c4[nH]c(=O)c(Cc5ccc(F)cc5)cc43)CCO2)c1. The summed E-state index contributed by atoms with van der Waals surface area (Å²) in [5, 5.41) is 7.29. The van der Waals surface area contributed by atoms with Crippen LogP contribution >= 0.6 is 0 Å². The Hall–Kier alpha value is -6.36. The molecule has 6 aliphatic heterocycles. The van der Waals surface area contributed by atoms with Crippen LogP contribution in [-0.2, 0) is 42.7 Å². The predicted octanol–water partition coefficient (Wildman–Crippen LogP) is 4.96. The molecule has 3 aromatic carbocycles. The second-order valence-corrected chi connectivity index (χ2v) is 26.0. The fourth-order valence-corrected chi connectivity index (χ4v) is 13.3. The standard InChI is InChI=1S/C65H84F2N10O8/c1-41-20-52(84-37-54-33-72(16-18-82-54)31-50-27-68-42(2)29-74(50)35-58(78)76-39-64(4,5)60-56(76)24-46(62(80)70-60)22-44-8-12-48(66)13-9-44)26-53(21-41)85-38-55-34-73(17-19-83-55)32-51-28-69-43(3)30-75(51)36-59(79)77-40-65(6,7)61-57(77)25-47(63(81)71-61)23-45-10-14-49(67)15-11-45/h8-15,20-21,24-26,42-43,50-51,54-55,68-69H,16-19,22-23,27-40H2,1-7H3,(H,70,80)(H,71,81)/t42-,43-,50-,51-,54+,55+/m1/s1. The number of hydrogen-bond acceptors (Lipinski definition) is 14. The van der Waals surface area contributed by atoms with E-state index in [9.17, 15) is 28.0 Å². The third kappa shape index (κ3) is 14.4. The Kier molecular flexibility index (Phi) is 18.1. The lowest BCUT2D eigenvalue weighted by Gasteiger charge is -2.43. The van der Waals surface area contributed by atoms with E-state index < -0.39 is 10.8 Å². The van der Waals surface area contributed by atoms with Gasteiger partial charge in [0, 0.05) is 155 Å². The number of aromatic nitrogens is 2. The van der Waals surface area contributed by atoms with Gasteiger partial charge in [0.15, 0.2) is 0 Å². The van der Waals surface area contributed by atoms with Crippen molar-refractivity contribution in [1.29, 1.82) is 0 Å². The molecule has 4 N–H and O–H groups in total. The number of hydrogen-bond donors (Lipinski definition) is 4. The number of piperazine rings is 2. The molecule has 2 aromatic heterocycles. The smallest absolute Gasteiger partial charge is 0.251 e. The molecule has 5 aromatic rings. The molecule has 6 atom stereocenters. The molecule has 456 valence electrons. The van der Waals surface area contributed by atoms with Gasteiger partial charge < -0.3 is 49.3 Å². The van der Waals surface area contributed by atoms with Crippen LogP contribution in [0.4, 0.5) is 20.2 Å². The number of anilines is 2. The highest BCUT2D eigenvalue weighted by molar-refractivity contribution is 5.98. The highest BCUT2D eigenvalue weighted by Crippen LogP contribution is 2.41. The number of H-pyrrole nitrogens is 2. The van der Waals surface area contributed by atoms with Crippen molar-refractivity contribution >= 4 is 23.2 Å². The minimum atomic E-state index is -0.444. The summed E-state index contributed by atoms with van der Waals surface area (Å²) < 4.78 is 52.8. The van der Waals surface area contributed by atoms with Crippen molar-refractivity contribution in [2.75, 3.05) is 128 Å². The molecule has 18 nitrogen and oxygen atoms in total. The Morgan fingerprint density at radius 1 is 0.600 bits per heavy atom. The maximum absolute atomic E-state index is 14.4. The number of nitrogens with zero attached hydrogens (tertiary/aromatic N) is 6. The lowest BCUT2D eigenvalue weighted by atomic mass is 9.91. The molecule has 4 saturated heterocycles. The number of fused-ring (bicyclic) bond motifs is 2. The van der Waals surface area contributed by atoms with Gasteiger partial charge in [0.1, 0.15) is 48.6 Å². The van der Waals surface area contributed by atoms with Crippen molar-refractivity contribution < 1.29 is 37.3 Å². The number of aryl methyl sites for hydroxylation is 1. The van der Waals surface area contributed by atoms with Crippen molar-refractivity contribution in [3.05, 3.63) is 150 Å². The summed E-state index contributed by atoms with van der Waals surface area (Å²) in [4.78, 5) is 74.8. The zero-order chi connectivity index (χ0) is 59.7. The third-order valence-electron chi connectivity index (χ3n) is 17.9. The number of carbonyl (C=O) groups is 2. The van der Waals surface area contributed by atoms with Crippen LogP contribution < -0.4 is 41.0 Å². The molecule has 2 amide bonds. The molecular weight excluding hydrogens is 1090 g/mol. The maximum Gasteiger partial charge on any atom is 0.251 e. The van der Waals surface area contributed by atoms with E-state index in [4.69, 9.17) is 18.9 Å². The van der Waals surface area contributed by atoms with Crippen LogP contribution in [0.1, 0.15) is 80.7 Å². The molecule has 0 saturated carbocycles. The van der Waals surface area contributed by atoms with Gasteiger partial charge in [-0.15, -0.1) is 0 Å². The van der Waals surface area contributed by atoms with Gasteiger partial charge in [-0.25, -0.2) is 8.78 Å². The number of nitrogens with one attached hydrogen (secondary N) is 4. The van der Waals surface area contributed by atoms with Crippen molar-refractivity contribution in [3.63, 3.8) is 0 Å². The number of benzene rings is 3. The van der Waals surface area contributed by atoms with Crippen LogP contribution in [0.3, 0.4) is 0 Å². The Bertz CT molecular complexity index is 3110. The van der Waals surface area contributed by atoms with E-state index in [1.165, 1.54) is 24.3 Å². The summed E-state index contributed by atoms with van der Waals surface area (Å²) in [6, 6.07) is 22.5. The number of aromatic amines is 2. The molecule has 0 spiro atoms. The third-order valence-corrected chi connectivity index (χ3v) is 17.9. The fraction of sp³-hybridized carbons (Fsp3) is 0.538. The van der Waals surface area contributed by atoms with Crippen molar-refractivity contribution in [3.8, 4) is 11.5 Å². The van der Waals surface area contributed by atoms with E-state index in [2.05, 4.69) is 54.0 Å². The van der Waals surface area contributed by atoms with E-state index in [0.717, 1.165) is 78.7 Å². The number of carbonyl (C=O) groups excluding carboxylic acids is 2. The summed E-state index contributed by atoms with van der Waals surface area (Å²) in [6.07, 6.45) is 0.324. The summed E-state index contributed by atoms with van der Waals surface area (Å²) in [7, 11) is 0. The maximum atomic E-state index is 14.4. The minimum Gasteiger partial charge on any atom is -0.491 e. The topological polar surface area (TPSA) is 180 Å². The second kappa shape index (κ2) is 25.5. The van der Waals surface area contributed by atoms with Gasteiger partial charge in [-0.2, -0.15) is 0 Å². The number of pyridine rings is 2. The van der Waals surface area contributed by atoms with Crippen LogP contribution in [-0.4, -0.2) is 196 Å². The Morgan fingerprint density at radius 2 is 1.01 bits per heavy atom. The Morgan fingerprint density at radius 3 is 1.42 bits per heavy atom. The quantitative estimate of drug-likeness (QED) is 0.0925. The predicted molar refractivity (Wildman–Crippen MR) is 323 cm³/mol. The van der Waals surface area contributed by atoms with Gasteiger partial charge in [-0.3, -0.25) is 38.8 Å². The van der Waals surface area contributed by atoms with E-state index in [1.54, 1.807) is 24.3 Å². The van der Waals surface area contributed by atoms with Crippen molar-refractivity contribution in [1.82, 2.24) is 40.2 Å². The van der Waals surface area contributed by atoms with Crippen molar-refractivity contribution in [2.24, 2.45) is 0 Å². The van der Waals surface area contributed by atoms with Crippen LogP contribution in [0.2, 0.25) is 0 Å². The van der Waals surface area contributed by atoms with E-state index in [-0.39, 0.29) is 84.0 Å². The molecule has 6 aliphatic rings. The normalized spacial score (nSPS) is 24.5. The van der Waals surface area contributed by atoms with Gasteiger partial charge in [0.2, 0.25) is 11.8 Å². The van der Waals surface area contributed by atoms with Crippen LogP contribution in [0.5, 0.6) is 11.5 Å². The molecule has 0 unspecified atom stereocenters. The summed E-state index contributed by atoms with van der Waals surface area (Å²) >= 11 is 0. The lowest BCUT2D eigenvalue weighted by molar-refractivity contribution is -0.121. The molecule has 20 heteroatoms. The zero-order valence-corrected chi connectivity index (χ0v) is 50.3. The van der Waals surface area contributed by atoms with E-state index in [0.29, 0.717) is 101 Å². The fourth-order valence-electron chi connectivity index (χ4n) is 13.3. The first-order valence-corrected chi connectivity index (χ1v) is 30.3. The largest absolute Gasteiger partial charge is 0.491 e. The van der Waals surface area contributed by atoms with Gasteiger partial charge in [0.25, 0.3) is 11.1 Å². The van der Waals surface area contributed by atoms with Gasteiger partial charge >= 0.3 is 0 Å². The molecule has 4 fully saturated rings. The average Bonchev–Trinajstić information content (AvgIpc) is 1.81. The van der Waals surface area contributed by atoms with Gasteiger partial charge in [0.05, 0.1) is 37.7 Å². The Labute approximate surface area is 497 Å². The van der Waals surface area contributed by atoms with Crippen LogP contribution in [0.25, 0.3) is 0 Å². The molecular formula is C65H84F2N10O8. The van der Waals surface area contributed by atoms with E-state index >= 15 is 0 Å². The first-order valence-electron chi connectivity index (χ1n) is 30.3. The molecule has 0 bridgehead atoms.